The predicted octanol–water partition coefficient (Wildman–Crippen LogP) is 3.55. The number of hydrogen-bond acceptors (Lipinski definition) is 4. The lowest BCUT2D eigenvalue weighted by Crippen LogP contribution is -2.24. The highest BCUT2D eigenvalue weighted by Crippen LogP contribution is 2.25. The summed E-state index contributed by atoms with van der Waals surface area (Å²) >= 11 is 1.62. The van der Waals surface area contributed by atoms with E-state index in [1.165, 1.54) is 0 Å². The van der Waals surface area contributed by atoms with Crippen molar-refractivity contribution >= 4 is 35.0 Å². The van der Waals surface area contributed by atoms with Gasteiger partial charge in [-0.1, -0.05) is 12.1 Å². The van der Waals surface area contributed by atoms with Gasteiger partial charge in [-0.3, -0.25) is 9.59 Å². The van der Waals surface area contributed by atoms with Crippen LogP contribution < -0.4 is 15.0 Å². The SMILES string of the molecule is CSc1cccc(NC(=O)COc2cccc(N3CCCC3=O)c2)c1. The third kappa shape index (κ3) is 4.54. The van der Waals surface area contributed by atoms with Crippen molar-refractivity contribution in [2.75, 3.05) is 29.6 Å². The molecule has 6 heteroatoms. The van der Waals surface area contributed by atoms with Crippen LogP contribution in [0.15, 0.2) is 53.4 Å². The number of anilines is 2. The number of benzene rings is 2. The molecule has 0 spiro atoms. The summed E-state index contributed by atoms with van der Waals surface area (Å²) in [6.45, 7) is 0.648. The van der Waals surface area contributed by atoms with Crippen LogP contribution in [0.3, 0.4) is 0 Å². The van der Waals surface area contributed by atoms with Gasteiger partial charge in [-0.05, 0) is 43.0 Å². The Hall–Kier alpha value is -2.47. The molecule has 0 radical (unpaired) electrons. The third-order valence-electron chi connectivity index (χ3n) is 3.93. The first kappa shape index (κ1) is 17.4. The van der Waals surface area contributed by atoms with E-state index in [2.05, 4.69) is 5.32 Å². The molecule has 2 amide bonds. The number of carbonyl (C=O) groups is 2. The van der Waals surface area contributed by atoms with Gasteiger partial charge in [0.2, 0.25) is 5.91 Å². The van der Waals surface area contributed by atoms with Crippen molar-refractivity contribution in [1.29, 1.82) is 0 Å². The van der Waals surface area contributed by atoms with Crippen LogP contribution in [0.25, 0.3) is 0 Å². The van der Waals surface area contributed by atoms with Crippen LogP contribution in [-0.4, -0.2) is 31.2 Å². The molecule has 1 saturated heterocycles. The first-order chi connectivity index (χ1) is 12.2. The minimum absolute atomic E-state index is 0.0824. The Morgan fingerprint density at radius 3 is 2.84 bits per heavy atom. The summed E-state index contributed by atoms with van der Waals surface area (Å²) in [5.74, 6) is 0.481. The number of carbonyl (C=O) groups excluding carboxylic acids is 2. The van der Waals surface area contributed by atoms with Gasteiger partial charge in [-0.15, -0.1) is 11.8 Å². The monoisotopic (exact) mass is 356 g/mol. The van der Waals surface area contributed by atoms with Crippen LogP contribution >= 0.6 is 11.8 Å². The summed E-state index contributed by atoms with van der Waals surface area (Å²) in [4.78, 5) is 26.7. The molecule has 0 unspecified atom stereocenters. The molecule has 5 nitrogen and oxygen atoms in total. The van der Waals surface area contributed by atoms with Gasteiger partial charge in [0.15, 0.2) is 6.61 Å². The van der Waals surface area contributed by atoms with Gasteiger partial charge in [0, 0.05) is 35.3 Å². The second-order valence-electron chi connectivity index (χ2n) is 5.72. The fourth-order valence-corrected chi connectivity index (χ4v) is 3.17. The number of nitrogens with zero attached hydrogens (tertiary/aromatic N) is 1. The smallest absolute Gasteiger partial charge is 0.262 e. The zero-order valence-electron chi connectivity index (χ0n) is 14.0. The molecule has 0 atom stereocenters. The molecule has 2 aromatic rings. The average Bonchev–Trinajstić information content (AvgIpc) is 3.06. The Labute approximate surface area is 151 Å². The topological polar surface area (TPSA) is 58.6 Å². The van der Waals surface area contributed by atoms with E-state index in [0.717, 1.165) is 29.2 Å². The lowest BCUT2D eigenvalue weighted by atomic mass is 10.3. The molecule has 25 heavy (non-hydrogen) atoms. The highest BCUT2D eigenvalue weighted by molar-refractivity contribution is 7.98. The lowest BCUT2D eigenvalue weighted by molar-refractivity contribution is -0.118. The molecular formula is C19H20N2O3S. The van der Waals surface area contributed by atoms with E-state index >= 15 is 0 Å². The van der Waals surface area contributed by atoms with Gasteiger partial charge < -0.3 is 15.0 Å². The van der Waals surface area contributed by atoms with E-state index in [1.807, 2.05) is 42.7 Å². The van der Waals surface area contributed by atoms with Crippen LogP contribution in [0.2, 0.25) is 0 Å². The number of hydrogen-bond donors (Lipinski definition) is 1. The molecule has 130 valence electrons. The van der Waals surface area contributed by atoms with E-state index in [0.29, 0.717) is 12.2 Å². The summed E-state index contributed by atoms with van der Waals surface area (Å²) in [5, 5.41) is 2.82. The molecular weight excluding hydrogens is 336 g/mol. The summed E-state index contributed by atoms with van der Waals surface area (Å²) in [6, 6.07) is 14.9. The van der Waals surface area contributed by atoms with Gasteiger partial charge in [-0.25, -0.2) is 0 Å². The average molecular weight is 356 g/mol. The summed E-state index contributed by atoms with van der Waals surface area (Å²) in [7, 11) is 0. The second kappa shape index (κ2) is 8.07. The quantitative estimate of drug-likeness (QED) is 0.804. The van der Waals surface area contributed by atoms with Crippen LogP contribution in [0.5, 0.6) is 5.75 Å². The lowest BCUT2D eigenvalue weighted by Gasteiger charge is -2.16. The van der Waals surface area contributed by atoms with Crippen molar-refractivity contribution in [2.45, 2.75) is 17.7 Å². The number of nitrogens with one attached hydrogen (secondary N) is 1. The van der Waals surface area contributed by atoms with Crippen molar-refractivity contribution in [1.82, 2.24) is 0 Å². The zero-order valence-corrected chi connectivity index (χ0v) is 14.8. The first-order valence-electron chi connectivity index (χ1n) is 8.13. The Kier molecular flexibility index (Phi) is 5.60. The molecule has 1 aliphatic rings. The number of thioether (sulfide) groups is 1. The molecule has 0 bridgehead atoms. The number of ether oxygens (including phenoxy) is 1. The molecule has 0 aliphatic carbocycles. The Balaban J connectivity index is 1.57. The zero-order chi connectivity index (χ0) is 17.6. The van der Waals surface area contributed by atoms with Gasteiger partial charge >= 0.3 is 0 Å². The van der Waals surface area contributed by atoms with Crippen molar-refractivity contribution in [3.63, 3.8) is 0 Å². The van der Waals surface area contributed by atoms with Crippen LogP contribution in [0.4, 0.5) is 11.4 Å². The second-order valence-corrected chi connectivity index (χ2v) is 6.59. The number of amides is 2. The maximum Gasteiger partial charge on any atom is 0.262 e. The summed E-state index contributed by atoms with van der Waals surface area (Å²) in [6.07, 6.45) is 3.45. The minimum Gasteiger partial charge on any atom is -0.484 e. The van der Waals surface area contributed by atoms with Gasteiger partial charge in [0.25, 0.3) is 5.91 Å². The van der Waals surface area contributed by atoms with Crippen LogP contribution in [-0.2, 0) is 9.59 Å². The molecule has 1 N–H and O–H groups in total. The standard InChI is InChI=1S/C19H20N2O3S/c1-25-17-8-2-5-14(11-17)20-18(22)13-24-16-7-3-6-15(12-16)21-10-4-9-19(21)23/h2-3,5-8,11-12H,4,9-10,13H2,1H3,(H,20,22). The summed E-state index contributed by atoms with van der Waals surface area (Å²) < 4.78 is 5.58. The fourth-order valence-electron chi connectivity index (χ4n) is 2.71. The van der Waals surface area contributed by atoms with Gasteiger partial charge in [0.1, 0.15) is 5.75 Å². The van der Waals surface area contributed by atoms with Crippen molar-refractivity contribution < 1.29 is 14.3 Å². The predicted molar refractivity (Wildman–Crippen MR) is 100 cm³/mol. The molecule has 1 aliphatic heterocycles. The summed E-state index contributed by atoms with van der Waals surface area (Å²) in [5.41, 5.74) is 1.56. The molecule has 0 aromatic heterocycles. The van der Waals surface area contributed by atoms with Crippen molar-refractivity contribution in [2.24, 2.45) is 0 Å². The molecule has 1 fully saturated rings. The maximum absolute atomic E-state index is 12.1. The normalized spacial score (nSPS) is 13.8. The first-order valence-corrected chi connectivity index (χ1v) is 9.35. The van der Waals surface area contributed by atoms with Crippen LogP contribution in [0, 0.1) is 0 Å². The van der Waals surface area contributed by atoms with E-state index in [4.69, 9.17) is 4.74 Å². The van der Waals surface area contributed by atoms with Gasteiger partial charge in [-0.2, -0.15) is 0 Å². The Bertz CT molecular complexity index is 779. The Morgan fingerprint density at radius 1 is 1.24 bits per heavy atom. The minimum atomic E-state index is -0.221. The van der Waals surface area contributed by atoms with Crippen LogP contribution in [0.1, 0.15) is 12.8 Å². The molecule has 0 saturated carbocycles. The van der Waals surface area contributed by atoms with E-state index < -0.39 is 0 Å². The fraction of sp³-hybridized carbons (Fsp3) is 0.263. The van der Waals surface area contributed by atoms with Crippen molar-refractivity contribution in [3.8, 4) is 5.75 Å². The molecule has 2 aromatic carbocycles. The van der Waals surface area contributed by atoms with E-state index in [9.17, 15) is 9.59 Å². The third-order valence-corrected chi connectivity index (χ3v) is 4.65. The largest absolute Gasteiger partial charge is 0.484 e. The highest BCUT2D eigenvalue weighted by Gasteiger charge is 2.21. The highest BCUT2D eigenvalue weighted by atomic mass is 32.2. The van der Waals surface area contributed by atoms with E-state index in [-0.39, 0.29) is 18.4 Å². The maximum atomic E-state index is 12.1. The van der Waals surface area contributed by atoms with E-state index in [1.54, 1.807) is 28.8 Å². The number of rotatable bonds is 6. The molecule has 1 heterocycles. The van der Waals surface area contributed by atoms with Gasteiger partial charge in [0.05, 0.1) is 0 Å². The van der Waals surface area contributed by atoms with Crippen molar-refractivity contribution in [3.05, 3.63) is 48.5 Å². The Morgan fingerprint density at radius 2 is 2.08 bits per heavy atom. The molecule has 3 rings (SSSR count).